The fourth-order valence-electron chi connectivity index (χ4n) is 4.71. The molecule has 8 nitrogen and oxygen atoms in total. The molecule has 1 aliphatic rings. The SMILES string of the molecule is CC(C)(O)c1cc(Nc2cc(C(F)F)ccn2)nc(-c2ccc(CC(O)[C@H]3CC[C@H](C(=O)O)CC3)nc2)c1. The van der Waals surface area contributed by atoms with Gasteiger partial charge in [-0.1, -0.05) is 0 Å². The predicted octanol–water partition coefficient (Wildman–Crippen LogP) is 5.24. The number of hydrogen-bond acceptors (Lipinski definition) is 7. The zero-order chi connectivity index (χ0) is 27.4. The predicted molar refractivity (Wildman–Crippen MR) is 138 cm³/mol. The van der Waals surface area contributed by atoms with Gasteiger partial charge >= 0.3 is 5.97 Å². The van der Waals surface area contributed by atoms with Crippen LogP contribution < -0.4 is 5.32 Å². The van der Waals surface area contributed by atoms with Crippen molar-refractivity contribution >= 4 is 17.6 Å². The van der Waals surface area contributed by atoms with Crippen LogP contribution in [0.25, 0.3) is 11.3 Å². The van der Waals surface area contributed by atoms with Gasteiger partial charge in [0, 0.05) is 35.6 Å². The van der Waals surface area contributed by atoms with Crippen molar-refractivity contribution in [1.82, 2.24) is 15.0 Å². The van der Waals surface area contributed by atoms with Gasteiger partial charge in [-0.05, 0) is 87.4 Å². The molecule has 3 aromatic heterocycles. The molecule has 4 N–H and O–H groups in total. The number of carbonyl (C=O) groups is 1. The van der Waals surface area contributed by atoms with Gasteiger partial charge in [0.25, 0.3) is 6.43 Å². The number of carboxylic acid groups (broad SMARTS) is 1. The third kappa shape index (κ3) is 6.87. The van der Waals surface area contributed by atoms with Crippen LogP contribution in [0.15, 0.2) is 48.8 Å². The first kappa shape index (κ1) is 27.5. The minimum Gasteiger partial charge on any atom is -0.481 e. The van der Waals surface area contributed by atoms with Crippen molar-refractivity contribution in [1.29, 1.82) is 0 Å². The largest absolute Gasteiger partial charge is 0.481 e. The molecule has 3 aromatic rings. The van der Waals surface area contributed by atoms with E-state index in [4.69, 9.17) is 0 Å². The molecule has 0 aliphatic heterocycles. The molecular weight excluding hydrogens is 494 g/mol. The molecule has 38 heavy (non-hydrogen) atoms. The van der Waals surface area contributed by atoms with Crippen molar-refractivity contribution in [3.05, 3.63) is 65.6 Å². The summed E-state index contributed by atoms with van der Waals surface area (Å²) in [5.41, 5.74) is 1.09. The summed E-state index contributed by atoms with van der Waals surface area (Å²) in [6, 6.07) is 9.50. The zero-order valence-electron chi connectivity index (χ0n) is 21.3. The number of rotatable bonds is 9. The minimum atomic E-state index is -2.63. The second-order valence-corrected chi connectivity index (χ2v) is 10.3. The maximum atomic E-state index is 13.1. The highest BCUT2D eigenvalue weighted by atomic mass is 19.3. The number of alkyl halides is 2. The summed E-state index contributed by atoms with van der Waals surface area (Å²) in [5.74, 6) is -0.521. The van der Waals surface area contributed by atoms with Crippen LogP contribution in [0.1, 0.15) is 62.8 Å². The summed E-state index contributed by atoms with van der Waals surface area (Å²) in [5, 5.41) is 33.5. The second kappa shape index (κ2) is 11.5. The Balaban J connectivity index is 1.51. The lowest BCUT2D eigenvalue weighted by atomic mass is 9.78. The Bertz CT molecular complexity index is 1260. The number of halogens is 2. The van der Waals surface area contributed by atoms with Crippen molar-refractivity contribution in [3.8, 4) is 11.3 Å². The number of hydrogen-bond donors (Lipinski definition) is 4. The highest BCUT2D eigenvalue weighted by Gasteiger charge is 2.30. The average molecular weight is 527 g/mol. The number of aliphatic hydroxyl groups is 2. The van der Waals surface area contributed by atoms with Gasteiger partial charge in [0.2, 0.25) is 0 Å². The van der Waals surface area contributed by atoms with Gasteiger partial charge in [-0.3, -0.25) is 9.78 Å². The van der Waals surface area contributed by atoms with E-state index in [0.717, 1.165) is 0 Å². The third-order valence-corrected chi connectivity index (χ3v) is 7.03. The van der Waals surface area contributed by atoms with Crippen LogP contribution in [0.3, 0.4) is 0 Å². The molecule has 0 spiro atoms. The van der Waals surface area contributed by atoms with Crippen LogP contribution in [-0.4, -0.2) is 42.3 Å². The summed E-state index contributed by atoms with van der Waals surface area (Å²) >= 11 is 0. The number of carboxylic acids is 1. The first-order valence-electron chi connectivity index (χ1n) is 12.6. The lowest BCUT2D eigenvalue weighted by Gasteiger charge is -2.29. The maximum Gasteiger partial charge on any atom is 0.306 e. The molecule has 10 heteroatoms. The quantitative estimate of drug-likeness (QED) is 0.298. The normalized spacial score (nSPS) is 18.8. The van der Waals surface area contributed by atoms with E-state index in [0.29, 0.717) is 60.4 Å². The molecule has 0 bridgehead atoms. The Morgan fingerprint density at radius 1 is 1.08 bits per heavy atom. The summed E-state index contributed by atoms with van der Waals surface area (Å²) in [4.78, 5) is 24.3. The van der Waals surface area contributed by atoms with Gasteiger partial charge in [-0.2, -0.15) is 0 Å². The Hall–Kier alpha value is -3.50. The number of nitrogens with one attached hydrogen (secondary N) is 1. The van der Waals surface area contributed by atoms with Gasteiger partial charge < -0.3 is 20.6 Å². The molecule has 0 radical (unpaired) electrons. The van der Waals surface area contributed by atoms with E-state index >= 15 is 0 Å². The van der Waals surface area contributed by atoms with Crippen LogP contribution in [0.5, 0.6) is 0 Å². The van der Waals surface area contributed by atoms with E-state index in [1.54, 1.807) is 38.2 Å². The molecule has 1 unspecified atom stereocenters. The molecule has 1 fully saturated rings. The number of aromatic nitrogens is 3. The van der Waals surface area contributed by atoms with Gasteiger partial charge in [-0.25, -0.2) is 18.7 Å². The Labute approximate surface area is 219 Å². The molecule has 3 heterocycles. The Morgan fingerprint density at radius 2 is 1.82 bits per heavy atom. The lowest BCUT2D eigenvalue weighted by Crippen LogP contribution is -2.30. The van der Waals surface area contributed by atoms with Crippen molar-refractivity contribution in [2.75, 3.05) is 5.32 Å². The lowest BCUT2D eigenvalue weighted by molar-refractivity contribution is -0.143. The number of nitrogens with zero attached hydrogens (tertiary/aromatic N) is 3. The molecule has 0 amide bonds. The summed E-state index contributed by atoms with van der Waals surface area (Å²) in [7, 11) is 0. The first-order valence-corrected chi connectivity index (χ1v) is 12.6. The molecule has 4 rings (SSSR count). The Morgan fingerprint density at radius 3 is 2.42 bits per heavy atom. The zero-order valence-corrected chi connectivity index (χ0v) is 21.3. The van der Waals surface area contributed by atoms with Crippen LogP contribution >= 0.6 is 0 Å². The average Bonchev–Trinajstić information content (AvgIpc) is 2.88. The van der Waals surface area contributed by atoms with Gasteiger partial charge in [0.1, 0.15) is 11.6 Å². The summed E-state index contributed by atoms with van der Waals surface area (Å²) in [6.07, 6.45) is 2.55. The third-order valence-electron chi connectivity index (χ3n) is 7.03. The van der Waals surface area contributed by atoms with E-state index < -0.39 is 24.1 Å². The topological polar surface area (TPSA) is 128 Å². The molecule has 1 saturated carbocycles. The van der Waals surface area contributed by atoms with E-state index in [9.17, 15) is 28.9 Å². The van der Waals surface area contributed by atoms with Gasteiger partial charge in [0.05, 0.1) is 23.3 Å². The minimum absolute atomic E-state index is 0.0445. The molecule has 202 valence electrons. The van der Waals surface area contributed by atoms with E-state index in [-0.39, 0.29) is 23.2 Å². The number of aliphatic carboxylic acids is 1. The Kier molecular flexibility index (Phi) is 8.32. The summed E-state index contributed by atoms with van der Waals surface area (Å²) in [6.45, 7) is 3.27. The maximum absolute atomic E-state index is 13.1. The molecule has 1 aliphatic carbocycles. The van der Waals surface area contributed by atoms with Gasteiger partial charge in [-0.15, -0.1) is 0 Å². The highest BCUT2D eigenvalue weighted by Crippen LogP contribution is 2.33. The smallest absolute Gasteiger partial charge is 0.306 e. The number of anilines is 2. The van der Waals surface area contributed by atoms with E-state index in [2.05, 4.69) is 20.3 Å². The fourth-order valence-corrected chi connectivity index (χ4v) is 4.71. The molecular formula is C28H32F2N4O4. The van der Waals surface area contributed by atoms with E-state index in [1.807, 2.05) is 6.07 Å². The number of pyridine rings is 3. The molecule has 1 atom stereocenters. The van der Waals surface area contributed by atoms with Crippen molar-refractivity contribution in [2.24, 2.45) is 11.8 Å². The highest BCUT2D eigenvalue weighted by molar-refractivity contribution is 5.70. The van der Waals surface area contributed by atoms with Crippen LogP contribution in [-0.2, 0) is 16.8 Å². The molecule has 0 aromatic carbocycles. The van der Waals surface area contributed by atoms with Crippen molar-refractivity contribution in [2.45, 2.75) is 64.1 Å². The number of aliphatic hydroxyl groups excluding tert-OH is 1. The first-order chi connectivity index (χ1) is 18.0. The van der Waals surface area contributed by atoms with Crippen LogP contribution in [0.4, 0.5) is 20.4 Å². The summed E-state index contributed by atoms with van der Waals surface area (Å²) < 4.78 is 26.2. The second-order valence-electron chi connectivity index (χ2n) is 10.3. The van der Waals surface area contributed by atoms with Crippen molar-refractivity contribution < 1.29 is 28.9 Å². The van der Waals surface area contributed by atoms with Gasteiger partial charge in [0.15, 0.2) is 0 Å². The van der Waals surface area contributed by atoms with E-state index in [1.165, 1.54) is 18.3 Å². The van der Waals surface area contributed by atoms with Crippen LogP contribution in [0, 0.1) is 11.8 Å². The van der Waals surface area contributed by atoms with Crippen LogP contribution in [0.2, 0.25) is 0 Å². The monoisotopic (exact) mass is 526 g/mol. The standard InChI is InChI=1S/C28H32F2N4O4/c1-28(2,38)20-12-22(33-25(13-20)34-24-11-18(26(29)30)9-10-31-24)19-7-8-21(32-15-19)14-23(35)16-3-5-17(6-4-16)27(36)37/h7-13,15-17,23,26,35,38H,3-6,14H2,1-2H3,(H,36,37)(H,31,33,34)/t16-,17-,23?. The van der Waals surface area contributed by atoms with Crippen molar-refractivity contribution in [3.63, 3.8) is 0 Å². The fraction of sp³-hybridized carbons (Fsp3) is 0.429. The molecule has 0 saturated heterocycles.